The molecule has 0 unspecified atom stereocenters. The molecule has 1 N–H and O–H groups in total. The molecular formula is C16H14NO5S-. The fourth-order valence-corrected chi connectivity index (χ4v) is 2.96. The number of hydrogen-bond acceptors (Lipinski definition) is 6. The van der Waals surface area contributed by atoms with Crippen molar-refractivity contribution in [1.29, 1.82) is 0 Å². The van der Waals surface area contributed by atoms with Gasteiger partial charge in [0, 0.05) is 17.3 Å². The van der Waals surface area contributed by atoms with Crippen LogP contribution in [0, 0.1) is 0 Å². The molecule has 0 bridgehead atoms. The van der Waals surface area contributed by atoms with Crippen LogP contribution in [0.3, 0.4) is 0 Å². The average molecular weight is 332 g/mol. The quantitative estimate of drug-likeness (QED) is 0.812. The van der Waals surface area contributed by atoms with E-state index in [1.807, 2.05) is 30.3 Å². The van der Waals surface area contributed by atoms with E-state index in [1.165, 1.54) is 18.4 Å². The number of thiophene rings is 1. The van der Waals surface area contributed by atoms with Crippen molar-refractivity contribution >= 4 is 34.2 Å². The topological polar surface area (TPSA) is 95.5 Å². The van der Waals surface area contributed by atoms with E-state index < -0.39 is 17.8 Å². The van der Waals surface area contributed by atoms with E-state index in [1.54, 1.807) is 6.07 Å². The van der Waals surface area contributed by atoms with Crippen molar-refractivity contribution in [1.82, 2.24) is 0 Å². The summed E-state index contributed by atoms with van der Waals surface area (Å²) in [5.74, 6) is -2.37. The van der Waals surface area contributed by atoms with Gasteiger partial charge in [0.2, 0.25) is 5.91 Å². The predicted octanol–water partition coefficient (Wildman–Crippen LogP) is 1.67. The largest absolute Gasteiger partial charge is 0.550 e. The molecule has 0 radical (unpaired) electrons. The van der Waals surface area contributed by atoms with E-state index in [-0.39, 0.29) is 18.4 Å². The number of rotatable bonds is 6. The molecule has 0 spiro atoms. The van der Waals surface area contributed by atoms with Gasteiger partial charge in [-0.25, -0.2) is 4.79 Å². The summed E-state index contributed by atoms with van der Waals surface area (Å²) >= 11 is 1.22. The molecule has 1 aromatic heterocycles. The fourth-order valence-electron chi connectivity index (χ4n) is 1.89. The number of amides is 1. The van der Waals surface area contributed by atoms with Crippen LogP contribution in [0.4, 0.5) is 5.00 Å². The molecule has 0 atom stereocenters. The Morgan fingerprint density at radius 1 is 1.17 bits per heavy atom. The highest BCUT2D eigenvalue weighted by molar-refractivity contribution is 7.20. The molecule has 0 saturated heterocycles. The van der Waals surface area contributed by atoms with Crippen LogP contribution in [0.1, 0.15) is 23.2 Å². The molecule has 7 heteroatoms. The molecule has 120 valence electrons. The Kier molecular flexibility index (Phi) is 5.48. The first-order valence-corrected chi connectivity index (χ1v) is 7.60. The van der Waals surface area contributed by atoms with Crippen molar-refractivity contribution in [2.75, 3.05) is 12.4 Å². The molecule has 2 rings (SSSR count). The lowest BCUT2D eigenvalue weighted by atomic mass is 10.1. The van der Waals surface area contributed by atoms with Crippen LogP contribution >= 0.6 is 11.3 Å². The molecule has 6 nitrogen and oxygen atoms in total. The van der Waals surface area contributed by atoms with Crippen molar-refractivity contribution in [3.63, 3.8) is 0 Å². The van der Waals surface area contributed by atoms with E-state index in [2.05, 4.69) is 5.32 Å². The minimum atomic E-state index is -1.30. The normalized spacial score (nSPS) is 10.1. The minimum Gasteiger partial charge on any atom is -0.550 e. The number of esters is 1. The summed E-state index contributed by atoms with van der Waals surface area (Å²) in [5.41, 5.74) is 1.14. The molecule has 0 fully saturated rings. The number of benzene rings is 1. The number of methoxy groups -OCH3 is 1. The molecule has 1 amide bonds. The molecule has 0 aliphatic heterocycles. The number of carboxylic acids is 1. The number of ether oxygens (including phenoxy) is 1. The van der Waals surface area contributed by atoms with Crippen molar-refractivity contribution < 1.29 is 24.2 Å². The highest BCUT2D eigenvalue weighted by Crippen LogP contribution is 2.35. The standard InChI is InChI=1S/C16H15NO5S/c1-22-16(21)11-9-12(10-5-3-2-4-6-10)23-15(11)17-13(18)7-8-14(19)20/h2-6,9H,7-8H2,1H3,(H,17,18)(H,19,20)/p-1. The molecule has 0 saturated carbocycles. The zero-order chi connectivity index (χ0) is 16.8. The lowest BCUT2D eigenvalue weighted by molar-refractivity contribution is -0.305. The number of carbonyl (C=O) groups excluding carboxylic acids is 3. The first-order chi connectivity index (χ1) is 11.0. The molecule has 1 heterocycles. The van der Waals surface area contributed by atoms with Gasteiger partial charge in [-0.2, -0.15) is 0 Å². The highest BCUT2D eigenvalue weighted by atomic mass is 32.1. The van der Waals surface area contributed by atoms with E-state index >= 15 is 0 Å². The molecule has 0 aliphatic carbocycles. The Hall–Kier alpha value is -2.67. The second kappa shape index (κ2) is 7.55. The smallest absolute Gasteiger partial charge is 0.340 e. The summed E-state index contributed by atoms with van der Waals surface area (Å²) in [4.78, 5) is 34.8. The van der Waals surface area contributed by atoms with E-state index in [4.69, 9.17) is 4.74 Å². The maximum Gasteiger partial charge on any atom is 0.340 e. The van der Waals surface area contributed by atoms with Crippen molar-refractivity contribution in [2.24, 2.45) is 0 Å². The van der Waals surface area contributed by atoms with Gasteiger partial charge in [0.1, 0.15) is 5.00 Å². The van der Waals surface area contributed by atoms with Gasteiger partial charge in [0.25, 0.3) is 0 Å². The summed E-state index contributed by atoms with van der Waals surface area (Å²) in [6.45, 7) is 0. The third-order valence-corrected chi connectivity index (χ3v) is 4.10. The lowest BCUT2D eigenvalue weighted by Gasteiger charge is -2.05. The lowest BCUT2D eigenvalue weighted by Crippen LogP contribution is -2.24. The number of carboxylic acid groups (broad SMARTS) is 1. The average Bonchev–Trinajstić information content (AvgIpc) is 2.97. The summed E-state index contributed by atoms with van der Waals surface area (Å²) < 4.78 is 4.72. The molecular weight excluding hydrogens is 318 g/mol. The second-order valence-electron chi connectivity index (χ2n) is 4.63. The zero-order valence-electron chi connectivity index (χ0n) is 12.3. The molecule has 23 heavy (non-hydrogen) atoms. The third-order valence-electron chi connectivity index (χ3n) is 3.00. The third kappa shape index (κ3) is 4.40. The van der Waals surface area contributed by atoms with E-state index in [0.717, 1.165) is 10.4 Å². The van der Waals surface area contributed by atoms with Gasteiger partial charge in [-0.05, 0) is 18.1 Å². The van der Waals surface area contributed by atoms with Crippen molar-refractivity contribution in [2.45, 2.75) is 12.8 Å². The number of nitrogens with one attached hydrogen (secondary N) is 1. The van der Waals surface area contributed by atoms with Gasteiger partial charge < -0.3 is 20.0 Å². The maximum absolute atomic E-state index is 11.9. The fraction of sp³-hybridized carbons (Fsp3) is 0.188. The Morgan fingerprint density at radius 3 is 2.48 bits per heavy atom. The summed E-state index contributed by atoms with van der Waals surface area (Å²) in [7, 11) is 1.25. The number of aliphatic carboxylic acids is 1. The van der Waals surface area contributed by atoms with Gasteiger partial charge >= 0.3 is 5.97 Å². The summed E-state index contributed by atoms with van der Waals surface area (Å²) in [5, 5.41) is 13.3. The SMILES string of the molecule is COC(=O)c1cc(-c2ccccc2)sc1NC(=O)CCC(=O)[O-]. The van der Waals surface area contributed by atoms with Crippen LogP contribution in [0.5, 0.6) is 0 Å². The number of hydrogen-bond donors (Lipinski definition) is 1. The van der Waals surface area contributed by atoms with Gasteiger partial charge in [0.05, 0.1) is 12.7 Å². The van der Waals surface area contributed by atoms with Gasteiger partial charge in [0.15, 0.2) is 0 Å². The Bertz CT molecular complexity index is 723. The summed E-state index contributed by atoms with van der Waals surface area (Å²) in [6, 6.07) is 11.0. The van der Waals surface area contributed by atoms with Crippen molar-refractivity contribution in [3.8, 4) is 10.4 Å². The maximum atomic E-state index is 11.9. The number of anilines is 1. The van der Waals surface area contributed by atoms with Gasteiger partial charge in [-0.15, -0.1) is 11.3 Å². The van der Waals surface area contributed by atoms with E-state index in [9.17, 15) is 19.5 Å². The monoisotopic (exact) mass is 332 g/mol. The van der Waals surface area contributed by atoms with Crippen LogP contribution in [0.25, 0.3) is 10.4 Å². The minimum absolute atomic E-state index is 0.221. The van der Waals surface area contributed by atoms with Crippen molar-refractivity contribution in [3.05, 3.63) is 42.0 Å². The number of carbonyl (C=O) groups is 3. The molecule has 2 aromatic rings. The van der Waals surface area contributed by atoms with Crippen LogP contribution in [0.2, 0.25) is 0 Å². The van der Waals surface area contributed by atoms with Crippen LogP contribution in [0.15, 0.2) is 36.4 Å². The van der Waals surface area contributed by atoms with Crippen LogP contribution < -0.4 is 10.4 Å². The zero-order valence-corrected chi connectivity index (χ0v) is 13.1. The molecule has 0 aliphatic rings. The Morgan fingerprint density at radius 2 is 1.87 bits per heavy atom. The summed E-state index contributed by atoms with van der Waals surface area (Å²) in [6.07, 6.45) is -0.599. The second-order valence-corrected chi connectivity index (χ2v) is 5.68. The Labute approximate surface area is 136 Å². The van der Waals surface area contributed by atoms with E-state index in [0.29, 0.717) is 5.00 Å². The Balaban J connectivity index is 2.26. The van der Waals surface area contributed by atoms with Gasteiger partial charge in [-0.3, -0.25) is 4.79 Å². The molecule has 1 aromatic carbocycles. The first kappa shape index (κ1) is 16.7. The highest BCUT2D eigenvalue weighted by Gasteiger charge is 2.19. The predicted molar refractivity (Wildman–Crippen MR) is 84.0 cm³/mol. The van der Waals surface area contributed by atoms with Crippen LogP contribution in [-0.2, 0) is 14.3 Å². The first-order valence-electron chi connectivity index (χ1n) is 6.78. The van der Waals surface area contributed by atoms with Gasteiger partial charge in [-0.1, -0.05) is 30.3 Å². The van der Waals surface area contributed by atoms with Crippen LogP contribution in [-0.4, -0.2) is 25.0 Å².